The maximum atomic E-state index is 5.44. The van der Waals surface area contributed by atoms with Gasteiger partial charge in [-0.2, -0.15) is 9.61 Å². The maximum Gasteiger partial charge on any atom is 0.153 e. The smallest absolute Gasteiger partial charge is 0.153 e. The van der Waals surface area contributed by atoms with Gasteiger partial charge in [-0.15, -0.1) is 0 Å². The van der Waals surface area contributed by atoms with Gasteiger partial charge < -0.3 is 15.0 Å². The largest absolute Gasteiger partial charge is 0.378 e. The van der Waals surface area contributed by atoms with Crippen molar-refractivity contribution in [3.63, 3.8) is 0 Å². The number of morpholine rings is 1. The summed E-state index contributed by atoms with van der Waals surface area (Å²) < 4.78 is 7.30. The fraction of sp³-hybridized carbons (Fsp3) is 0.312. The minimum Gasteiger partial charge on any atom is -0.378 e. The van der Waals surface area contributed by atoms with Crippen LogP contribution in [0.2, 0.25) is 0 Å². The number of hydrogen-bond acceptors (Lipinski definition) is 6. The average molecular weight is 322 g/mol. The molecular formula is C16H19BN6O. The van der Waals surface area contributed by atoms with Gasteiger partial charge >= 0.3 is 0 Å². The summed E-state index contributed by atoms with van der Waals surface area (Å²) in [4.78, 5) is 11.2. The number of anilines is 2. The number of rotatable bonds is 4. The van der Waals surface area contributed by atoms with E-state index in [1.807, 2.05) is 30.8 Å². The van der Waals surface area contributed by atoms with Gasteiger partial charge in [-0.05, 0) is 17.1 Å². The van der Waals surface area contributed by atoms with Gasteiger partial charge in [-0.3, -0.25) is 4.98 Å². The molecule has 0 unspecified atom stereocenters. The first-order chi connectivity index (χ1) is 11.8. The first-order valence-corrected chi connectivity index (χ1v) is 8.12. The standard InChI is InChI=1S/C16H19BN6O/c17-13-11-20-23-14(19-10-12-2-1-3-18-9-12)8-15(21-16(13)23)22-4-6-24-7-5-22/h1-3,8-9,11,19H,4-7,10,17H2. The van der Waals surface area contributed by atoms with Gasteiger partial charge in [0.05, 0.1) is 13.2 Å². The van der Waals surface area contributed by atoms with Crippen molar-refractivity contribution in [2.24, 2.45) is 0 Å². The molecule has 24 heavy (non-hydrogen) atoms. The summed E-state index contributed by atoms with van der Waals surface area (Å²) in [7, 11) is 2.03. The predicted molar refractivity (Wildman–Crippen MR) is 95.8 cm³/mol. The zero-order chi connectivity index (χ0) is 16.4. The molecule has 7 nitrogen and oxygen atoms in total. The number of nitrogens with zero attached hydrogens (tertiary/aromatic N) is 5. The lowest BCUT2D eigenvalue weighted by molar-refractivity contribution is 0.122. The first-order valence-electron chi connectivity index (χ1n) is 8.12. The van der Waals surface area contributed by atoms with Crippen LogP contribution in [0.25, 0.3) is 5.65 Å². The van der Waals surface area contributed by atoms with E-state index in [9.17, 15) is 0 Å². The summed E-state index contributed by atoms with van der Waals surface area (Å²) in [5.41, 5.74) is 3.07. The Bertz CT molecular complexity index is 831. The summed E-state index contributed by atoms with van der Waals surface area (Å²) in [6.45, 7) is 3.89. The van der Waals surface area contributed by atoms with Crippen molar-refractivity contribution in [1.29, 1.82) is 0 Å². The third-order valence-corrected chi connectivity index (χ3v) is 4.17. The lowest BCUT2D eigenvalue weighted by atomic mass is 10.0. The highest BCUT2D eigenvalue weighted by molar-refractivity contribution is 6.36. The van der Waals surface area contributed by atoms with E-state index in [0.29, 0.717) is 6.54 Å². The molecule has 0 aromatic carbocycles. The van der Waals surface area contributed by atoms with E-state index in [-0.39, 0.29) is 0 Å². The summed E-state index contributed by atoms with van der Waals surface area (Å²) >= 11 is 0. The van der Waals surface area contributed by atoms with Gasteiger partial charge in [0.15, 0.2) is 5.65 Å². The Hall–Kier alpha value is -2.61. The second-order valence-electron chi connectivity index (χ2n) is 5.88. The number of aromatic nitrogens is 4. The summed E-state index contributed by atoms with van der Waals surface area (Å²) in [6, 6.07) is 6.05. The van der Waals surface area contributed by atoms with Gasteiger partial charge in [-0.1, -0.05) is 6.07 Å². The lowest BCUT2D eigenvalue weighted by Gasteiger charge is -2.28. The Balaban J connectivity index is 1.67. The van der Waals surface area contributed by atoms with E-state index in [2.05, 4.69) is 32.4 Å². The molecule has 1 saturated heterocycles. The SMILES string of the molecule is Bc1cnn2c(NCc3cccnc3)cc(N3CCOCC3)nc12. The van der Waals surface area contributed by atoms with Crippen LogP contribution in [0.1, 0.15) is 5.56 Å². The zero-order valence-electron chi connectivity index (χ0n) is 13.6. The fourth-order valence-corrected chi connectivity index (χ4v) is 2.84. The van der Waals surface area contributed by atoms with Gasteiger partial charge in [0.25, 0.3) is 0 Å². The molecule has 0 saturated carbocycles. The predicted octanol–water partition coefficient (Wildman–Crippen LogP) is -0.169. The van der Waals surface area contributed by atoms with E-state index in [4.69, 9.17) is 9.72 Å². The molecule has 0 bridgehead atoms. The first kappa shape index (κ1) is 15.0. The molecule has 3 aromatic rings. The highest BCUT2D eigenvalue weighted by atomic mass is 16.5. The topological polar surface area (TPSA) is 67.6 Å². The van der Waals surface area contributed by atoms with Crippen LogP contribution in [0.15, 0.2) is 36.8 Å². The van der Waals surface area contributed by atoms with Crippen molar-refractivity contribution in [3.05, 3.63) is 42.4 Å². The van der Waals surface area contributed by atoms with Crippen LogP contribution in [-0.2, 0) is 11.3 Å². The van der Waals surface area contributed by atoms with Crippen LogP contribution in [0.4, 0.5) is 11.6 Å². The minimum absolute atomic E-state index is 0.689. The molecule has 122 valence electrons. The fourth-order valence-electron chi connectivity index (χ4n) is 2.84. The van der Waals surface area contributed by atoms with Crippen molar-refractivity contribution in [3.8, 4) is 0 Å². The Morgan fingerprint density at radius 1 is 1.25 bits per heavy atom. The normalized spacial score (nSPS) is 14.9. The molecule has 0 aliphatic carbocycles. The highest BCUT2D eigenvalue weighted by Gasteiger charge is 2.16. The van der Waals surface area contributed by atoms with Crippen molar-refractivity contribution in [2.75, 3.05) is 36.5 Å². The molecule has 3 aromatic heterocycles. The van der Waals surface area contributed by atoms with Gasteiger partial charge in [0, 0.05) is 44.3 Å². The van der Waals surface area contributed by atoms with E-state index in [0.717, 1.165) is 54.6 Å². The molecular weight excluding hydrogens is 303 g/mol. The van der Waals surface area contributed by atoms with Gasteiger partial charge in [0.2, 0.25) is 0 Å². The summed E-state index contributed by atoms with van der Waals surface area (Å²) in [5, 5.41) is 7.91. The summed E-state index contributed by atoms with van der Waals surface area (Å²) in [5.74, 6) is 1.89. The molecule has 1 fully saturated rings. The Morgan fingerprint density at radius 2 is 2.12 bits per heavy atom. The lowest BCUT2D eigenvalue weighted by Crippen LogP contribution is -2.37. The average Bonchev–Trinajstić information content (AvgIpc) is 3.02. The van der Waals surface area contributed by atoms with Crippen molar-refractivity contribution < 1.29 is 4.74 Å². The Kier molecular flexibility index (Phi) is 4.04. The quantitative estimate of drug-likeness (QED) is 0.673. The minimum atomic E-state index is 0.689. The second kappa shape index (κ2) is 6.49. The van der Waals surface area contributed by atoms with Crippen LogP contribution in [0.3, 0.4) is 0 Å². The second-order valence-corrected chi connectivity index (χ2v) is 5.88. The molecule has 0 radical (unpaired) electrons. The number of ether oxygens (including phenoxy) is 1. The van der Waals surface area contributed by atoms with E-state index in [1.54, 1.807) is 6.20 Å². The molecule has 0 atom stereocenters. The molecule has 1 N–H and O–H groups in total. The number of fused-ring (bicyclic) bond motifs is 1. The van der Waals surface area contributed by atoms with Gasteiger partial charge in [0.1, 0.15) is 19.5 Å². The highest BCUT2D eigenvalue weighted by Crippen LogP contribution is 2.20. The molecule has 8 heteroatoms. The molecule has 1 aliphatic heterocycles. The van der Waals surface area contributed by atoms with E-state index >= 15 is 0 Å². The molecule has 4 rings (SSSR count). The van der Waals surface area contributed by atoms with Crippen LogP contribution in [0.5, 0.6) is 0 Å². The number of nitrogens with one attached hydrogen (secondary N) is 1. The van der Waals surface area contributed by atoms with Crippen molar-refractivity contribution >= 4 is 30.6 Å². The van der Waals surface area contributed by atoms with E-state index in [1.165, 1.54) is 0 Å². The van der Waals surface area contributed by atoms with Gasteiger partial charge in [-0.25, -0.2) is 4.98 Å². The number of hydrogen-bond donors (Lipinski definition) is 1. The van der Waals surface area contributed by atoms with Crippen molar-refractivity contribution in [1.82, 2.24) is 19.6 Å². The van der Waals surface area contributed by atoms with Crippen LogP contribution in [-0.4, -0.2) is 53.7 Å². The van der Waals surface area contributed by atoms with Crippen LogP contribution >= 0.6 is 0 Å². The maximum absolute atomic E-state index is 5.44. The number of pyridine rings is 1. The summed E-state index contributed by atoms with van der Waals surface area (Å²) in [6.07, 6.45) is 5.49. The van der Waals surface area contributed by atoms with Crippen molar-refractivity contribution in [2.45, 2.75) is 6.54 Å². The Morgan fingerprint density at radius 3 is 2.92 bits per heavy atom. The molecule has 0 amide bonds. The van der Waals surface area contributed by atoms with Crippen LogP contribution < -0.4 is 15.7 Å². The third kappa shape index (κ3) is 2.92. The molecule has 4 heterocycles. The monoisotopic (exact) mass is 322 g/mol. The third-order valence-electron chi connectivity index (χ3n) is 4.17. The molecule has 1 aliphatic rings. The van der Waals surface area contributed by atoms with E-state index < -0.39 is 0 Å². The Labute approximate surface area is 141 Å². The van der Waals surface area contributed by atoms with Crippen LogP contribution in [0, 0.1) is 0 Å². The zero-order valence-corrected chi connectivity index (χ0v) is 13.6. The molecule has 0 spiro atoms.